The van der Waals surface area contributed by atoms with Crippen LogP contribution >= 0.6 is 0 Å². The molecule has 0 bridgehead atoms. The summed E-state index contributed by atoms with van der Waals surface area (Å²) in [6, 6.07) is 10.7. The summed E-state index contributed by atoms with van der Waals surface area (Å²) < 4.78 is 33.3. The molecule has 0 aliphatic carbocycles. The van der Waals surface area contributed by atoms with E-state index in [0.29, 0.717) is 5.69 Å². The second-order valence-corrected chi connectivity index (χ2v) is 8.32. The zero-order chi connectivity index (χ0) is 21.0. The number of sulfonamides is 1. The number of para-hydroxylation sites is 2. The largest absolute Gasteiger partial charge is 0.490 e. The lowest BCUT2D eigenvalue weighted by molar-refractivity contribution is -0.386. The van der Waals surface area contributed by atoms with Gasteiger partial charge < -0.3 is 14.5 Å². The Morgan fingerprint density at radius 1 is 1.14 bits per heavy atom. The fourth-order valence-electron chi connectivity index (χ4n) is 3.32. The molecule has 0 amide bonds. The van der Waals surface area contributed by atoms with Gasteiger partial charge in [0.2, 0.25) is 0 Å². The predicted molar refractivity (Wildman–Crippen MR) is 111 cm³/mol. The average molecular weight is 420 g/mol. The molecule has 0 radical (unpaired) electrons. The molecule has 10 heteroatoms. The maximum absolute atomic E-state index is 12.9. The Kier molecular flexibility index (Phi) is 6.23. The van der Waals surface area contributed by atoms with E-state index >= 15 is 0 Å². The van der Waals surface area contributed by atoms with Crippen molar-refractivity contribution in [2.45, 2.75) is 11.8 Å². The molecule has 1 N–H and O–H groups in total. The standard InChI is InChI=1S/C19H24N4O5S/c1-3-21-10-12-22(13-11-21)17-7-5-4-6-16(17)20-29(26,27)15-8-9-19(28-2)18(14-15)23(24)25/h4-9,14,20H,3,10-13H2,1-2H3. The van der Waals surface area contributed by atoms with Crippen molar-refractivity contribution in [2.75, 3.05) is 49.5 Å². The highest BCUT2D eigenvalue weighted by atomic mass is 32.2. The number of hydrogen-bond donors (Lipinski definition) is 1. The topological polar surface area (TPSA) is 105 Å². The zero-order valence-corrected chi connectivity index (χ0v) is 17.2. The monoisotopic (exact) mass is 420 g/mol. The Bertz CT molecular complexity index is 988. The third-order valence-electron chi connectivity index (χ3n) is 4.97. The van der Waals surface area contributed by atoms with Crippen molar-refractivity contribution < 1.29 is 18.1 Å². The first-order valence-corrected chi connectivity index (χ1v) is 10.8. The number of rotatable bonds is 7. The lowest BCUT2D eigenvalue weighted by Crippen LogP contribution is -2.46. The van der Waals surface area contributed by atoms with Gasteiger partial charge in [-0.1, -0.05) is 19.1 Å². The number of benzene rings is 2. The van der Waals surface area contributed by atoms with E-state index in [1.54, 1.807) is 12.1 Å². The van der Waals surface area contributed by atoms with E-state index in [1.165, 1.54) is 19.2 Å². The number of nitro groups is 1. The van der Waals surface area contributed by atoms with Crippen molar-refractivity contribution in [1.29, 1.82) is 0 Å². The number of ether oxygens (including phenoxy) is 1. The summed E-state index contributed by atoms with van der Waals surface area (Å²) in [5, 5.41) is 11.2. The summed E-state index contributed by atoms with van der Waals surface area (Å²) in [6.45, 7) is 6.50. The van der Waals surface area contributed by atoms with Gasteiger partial charge in [-0.25, -0.2) is 8.42 Å². The molecule has 0 saturated carbocycles. The normalized spacial score (nSPS) is 15.2. The summed E-state index contributed by atoms with van der Waals surface area (Å²) >= 11 is 0. The maximum atomic E-state index is 12.9. The van der Waals surface area contributed by atoms with E-state index < -0.39 is 20.6 Å². The molecule has 2 aromatic rings. The van der Waals surface area contributed by atoms with Gasteiger partial charge in [-0.2, -0.15) is 0 Å². The predicted octanol–water partition coefficient (Wildman–Crippen LogP) is 2.55. The summed E-state index contributed by atoms with van der Waals surface area (Å²) in [5.41, 5.74) is 0.824. The number of nitro benzene ring substituents is 1. The second-order valence-electron chi connectivity index (χ2n) is 6.63. The molecule has 0 aromatic heterocycles. The van der Waals surface area contributed by atoms with Crippen LogP contribution in [0.15, 0.2) is 47.4 Å². The minimum atomic E-state index is -4.02. The van der Waals surface area contributed by atoms with E-state index in [4.69, 9.17) is 4.74 Å². The van der Waals surface area contributed by atoms with Crippen LogP contribution in [0.3, 0.4) is 0 Å². The van der Waals surface area contributed by atoms with Crippen molar-refractivity contribution in [3.63, 3.8) is 0 Å². The van der Waals surface area contributed by atoms with E-state index in [9.17, 15) is 18.5 Å². The van der Waals surface area contributed by atoms with Crippen molar-refractivity contribution in [2.24, 2.45) is 0 Å². The van der Waals surface area contributed by atoms with Gasteiger partial charge in [0.25, 0.3) is 10.0 Å². The van der Waals surface area contributed by atoms with Crippen molar-refractivity contribution >= 4 is 27.1 Å². The molecular weight excluding hydrogens is 396 g/mol. The average Bonchev–Trinajstić information content (AvgIpc) is 2.73. The Balaban J connectivity index is 1.88. The maximum Gasteiger partial charge on any atom is 0.312 e. The van der Waals surface area contributed by atoms with Gasteiger partial charge in [0, 0.05) is 32.2 Å². The van der Waals surface area contributed by atoms with Crippen LogP contribution in [0.5, 0.6) is 5.75 Å². The van der Waals surface area contributed by atoms with E-state index in [-0.39, 0.29) is 10.6 Å². The molecule has 1 aliphatic rings. The molecule has 29 heavy (non-hydrogen) atoms. The molecule has 1 saturated heterocycles. The number of nitrogens with one attached hydrogen (secondary N) is 1. The first-order valence-electron chi connectivity index (χ1n) is 9.27. The van der Waals surface area contributed by atoms with Gasteiger partial charge in [-0.3, -0.25) is 14.8 Å². The molecule has 1 fully saturated rings. The van der Waals surface area contributed by atoms with Crippen LogP contribution in [0.25, 0.3) is 0 Å². The highest BCUT2D eigenvalue weighted by molar-refractivity contribution is 7.92. The number of nitrogens with zero attached hydrogens (tertiary/aromatic N) is 3. The first-order chi connectivity index (χ1) is 13.9. The van der Waals surface area contributed by atoms with Gasteiger partial charge in [0.05, 0.1) is 28.3 Å². The minimum absolute atomic E-state index is 0.00291. The number of methoxy groups -OCH3 is 1. The highest BCUT2D eigenvalue weighted by Gasteiger charge is 2.24. The van der Waals surface area contributed by atoms with Crippen LogP contribution in [0.1, 0.15) is 6.92 Å². The van der Waals surface area contributed by atoms with E-state index in [2.05, 4.69) is 21.4 Å². The van der Waals surface area contributed by atoms with Crippen LogP contribution in [0.2, 0.25) is 0 Å². The van der Waals surface area contributed by atoms with Crippen LogP contribution in [-0.2, 0) is 10.0 Å². The minimum Gasteiger partial charge on any atom is -0.490 e. The Morgan fingerprint density at radius 2 is 1.83 bits per heavy atom. The first kappa shape index (κ1) is 20.9. The smallest absolute Gasteiger partial charge is 0.312 e. The molecule has 0 spiro atoms. The molecule has 2 aromatic carbocycles. The fourth-order valence-corrected chi connectivity index (χ4v) is 4.42. The Labute approximate surface area is 170 Å². The van der Waals surface area contributed by atoms with Gasteiger partial charge in [-0.15, -0.1) is 0 Å². The third-order valence-corrected chi connectivity index (χ3v) is 6.33. The second kappa shape index (κ2) is 8.66. The zero-order valence-electron chi connectivity index (χ0n) is 16.4. The number of anilines is 2. The molecule has 0 unspecified atom stereocenters. The van der Waals surface area contributed by atoms with E-state index in [0.717, 1.165) is 44.5 Å². The molecule has 0 atom stereocenters. The number of likely N-dealkylation sites (N-methyl/N-ethyl adjacent to an activating group) is 1. The van der Waals surface area contributed by atoms with E-state index in [1.807, 2.05) is 12.1 Å². The molecule has 156 valence electrons. The van der Waals surface area contributed by atoms with Gasteiger partial charge in [0.1, 0.15) is 0 Å². The van der Waals surface area contributed by atoms with Crippen molar-refractivity contribution in [3.05, 3.63) is 52.6 Å². The van der Waals surface area contributed by atoms with Crippen LogP contribution < -0.4 is 14.4 Å². The van der Waals surface area contributed by atoms with Crippen LogP contribution in [-0.4, -0.2) is 58.1 Å². The molecular formula is C19H24N4O5S. The van der Waals surface area contributed by atoms with Gasteiger partial charge in [-0.05, 0) is 30.8 Å². The third kappa shape index (κ3) is 4.60. The fraction of sp³-hybridized carbons (Fsp3) is 0.368. The SMILES string of the molecule is CCN1CCN(c2ccccc2NS(=O)(=O)c2ccc(OC)c([N+](=O)[O-])c2)CC1. The summed E-state index contributed by atoms with van der Waals surface area (Å²) in [5.74, 6) is 0.00291. The van der Waals surface area contributed by atoms with Gasteiger partial charge >= 0.3 is 5.69 Å². The molecule has 3 rings (SSSR count). The summed E-state index contributed by atoms with van der Waals surface area (Å²) in [4.78, 5) is 14.8. The number of hydrogen-bond acceptors (Lipinski definition) is 7. The van der Waals surface area contributed by atoms with Crippen molar-refractivity contribution in [1.82, 2.24) is 4.90 Å². The lowest BCUT2D eigenvalue weighted by Gasteiger charge is -2.36. The summed E-state index contributed by atoms with van der Waals surface area (Å²) in [6.07, 6.45) is 0. The number of piperazine rings is 1. The lowest BCUT2D eigenvalue weighted by atomic mass is 10.2. The Morgan fingerprint density at radius 3 is 2.45 bits per heavy atom. The molecule has 1 aliphatic heterocycles. The van der Waals surface area contributed by atoms with Gasteiger partial charge in [0.15, 0.2) is 5.75 Å². The van der Waals surface area contributed by atoms with Crippen LogP contribution in [0.4, 0.5) is 17.1 Å². The quantitative estimate of drug-likeness (QED) is 0.542. The summed E-state index contributed by atoms with van der Waals surface area (Å²) in [7, 11) is -2.72. The molecule has 1 heterocycles. The highest BCUT2D eigenvalue weighted by Crippen LogP contribution is 2.32. The molecule has 9 nitrogen and oxygen atoms in total. The van der Waals surface area contributed by atoms with Crippen LogP contribution in [0, 0.1) is 10.1 Å². The Hall–Kier alpha value is -2.85. The van der Waals surface area contributed by atoms with Crippen molar-refractivity contribution in [3.8, 4) is 5.75 Å².